The molecule has 0 saturated carbocycles. The van der Waals surface area contributed by atoms with Gasteiger partial charge in [0.2, 0.25) is 0 Å². The molecule has 20 heavy (non-hydrogen) atoms. The number of allylic oxidation sites excluding steroid dienone is 1. The average molecular weight is 268 g/mol. The predicted molar refractivity (Wildman–Crippen MR) is 83.3 cm³/mol. The number of benzene rings is 2. The summed E-state index contributed by atoms with van der Waals surface area (Å²) >= 11 is 0. The molecule has 0 aliphatic rings. The number of rotatable bonds is 6. The van der Waals surface area contributed by atoms with E-state index in [1.54, 1.807) is 7.11 Å². The van der Waals surface area contributed by atoms with Gasteiger partial charge < -0.3 is 4.74 Å². The lowest BCUT2D eigenvalue weighted by Gasteiger charge is -2.08. The molecule has 0 radical (unpaired) electrons. The van der Waals surface area contributed by atoms with Crippen molar-refractivity contribution < 1.29 is 9.53 Å². The molecule has 2 aromatic carbocycles. The van der Waals surface area contributed by atoms with E-state index >= 15 is 0 Å². The molecule has 0 aliphatic heterocycles. The third-order valence-corrected chi connectivity index (χ3v) is 3.40. The molecular weight excluding hydrogens is 248 g/mol. The van der Waals surface area contributed by atoms with Crippen molar-refractivity contribution in [3.63, 3.8) is 0 Å². The molecule has 0 amide bonds. The molecule has 0 saturated heterocycles. The lowest BCUT2D eigenvalue weighted by Crippen LogP contribution is -2.03. The number of Topliss-reactive ketones (excluding diaryl/α,β-unsaturated/α-hetero) is 1. The maximum absolute atomic E-state index is 12.0. The number of fused-ring (bicyclic) bond motifs is 1. The van der Waals surface area contributed by atoms with Crippen molar-refractivity contribution in [3.05, 3.63) is 54.1 Å². The Hall–Kier alpha value is -2.09. The Morgan fingerprint density at radius 1 is 1.20 bits per heavy atom. The zero-order valence-corrected chi connectivity index (χ0v) is 12.1. The second kappa shape index (κ2) is 6.38. The number of hydrogen-bond donors (Lipinski definition) is 0. The first kappa shape index (κ1) is 14.3. The summed E-state index contributed by atoms with van der Waals surface area (Å²) in [7, 11) is 1.65. The van der Waals surface area contributed by atoms with Crippen molar-refractivity contribution in [2.75, 3.05) is 7.11 Å². The second-order valence-electron chi connectivity index (χ2n) is 5.18. The first-order chi connectivity index (χ1) is 9.60. The van der Waals surface area contributed by atoms with Crippen LogP contribution in [0.15, 0.2) is 48.6 Å². The van der Waals surface area contributed by atoms with Crippen LogP contribution in [0, 0.1) is 0 Å². The van der Waals surface area contributed by atoms with Gasteiger partial charge in [-0.2, -0.15) is 0 Å². The number of ether oxygens (including phenoxy) is 1. The molecule has 0 aromatic heterocycles. The fraction of sp³-hybridized carbons (Fsp3) is 0.278. The first-order valence-electron chi connectivity index (χ1n) is 6.82. The lowest BCUT2D eigenvalue weighted by molar-refractivity contribution is -0.118. The van der Waals surface area contributed by atoms with Crippen LogP contribution >= 0.6 is 0 Å². The molecule has 0 atom stereocenters. The SMILES string of the molecule is C=C(C)CCC(=O)Cc1cccc2ccc(OC)cc12. The van der Waals surface area contributed by atoms with Gasteiger partial charge in [0.15, 0.2) is 0 Å². The molecule has 0 unspecified atom stereocenters. The van der Waals surface area contributed by atoms with Gasteiger partial charge in [-0.25, -0.2) is 0 Å². The van der Waals surface area contributed by atoms with Crippen molar-refractivity contribution in [3.8, 4) is 5.75 Å². The number of hydrogen-bond acceptors (Lipinski definition) is 2. The van der Waals surface area contributed by atoms with Crippen LogP contribution in [0.1, 0.15) is 25.3 Å². The molecule has 104 valence electrons. The van der Waals surface area contributed by atoms with Crippen LogP contribution in [0.25, 0.3) is 10.8 Å². The number of methoxy groups -OCH3 is 1. The van der Waals surface area contributed by atoms with Gasteiger partial charge in [0.1, 0.15) is 11.5 Å². The highest BCUT2D eigenvalue weighted by Crippen LogP contribution is 2.24. The molecule has 0 N–H and O–H groups in total. The van der Waals surface area contributed by atoms with Crippen LogP contribution in [-0.2, 0) is 11.2 Å². The smallest absolute Gasteiger partial charge is 0.137 e. The van der Waals surface area contributed by atoms with Gasteiger partial charge in [-0.05, 0) is 41.8 Å². The third kappa shape index (κ3) is 3.47. The molecule has 2 nitrogen and oxygen atoms in total. The maximum atomic E-state index is 12.0. The monoisotopic (exact) mass is 268 g/mol. The Labute approximate surface area is 120 Å². The van der Waals surface area contributed by atoms with Crippen molar-refractivity contribution in [2.45, 2.75) is 26.2 Å². The highest BCUT2D eigenvalue weighted by molar-refractivity contribution is 5.91. The van der Waals surface area contributed by atoms with E-state index in [0.717, 1.165) is 34.1 Å². The van der Waals surface area contributed by atoms with Crippen LogP contribution in [0.4, 0.5) is 0 Å². The predicted octanol–water partition coefficient (Wildman–Crippen LogP) is 4.32. The minimum atomic E-state index is 0.253. The fourth-order valence-electron chi connectivity index (χ4n) is 2.25. The molecule has 0 spiro atoms. The fourth-order valence-corrected chi connectivity index (χ4v) is 2.25. The van der Waals surface area contributed by atoms with Gasteiger partial charge in [-0.3, -0.25) is 4.79 Å². The zero-order valence-electron chi connectivity index (χ0n) is 12.1. The molecule has 2 aromatic rings. The summed E-state index contributed by atoms with van der Waals surface area (Å²) in [4.78, 5) is 12.0. The summed E-state index contributed by atoms with van der Waals surface area (Å²) in [5, 5.41) is 2.23. The molecule has 0 bridgehead atoms. The number of ketones is 1. The molecule has 2 rings (SSSR count). The summed E-state index contributed by atoms with van der Waals surface area (Å²) in [5.41, 5.74) is 2.12. The standard InChI is InChI=1S/C18H20O2/c1-13(2)7-9-16(19)11-15-6-4-5-14-8-10-17(20-3)12-18(14)15/h4-6,8,10,12H,1,7,9,11H2,2-3H3. The van der Waals surface area contributed by atoms with Crippen molar-refractivity contribution in [2.24, 2.45) is 0 Å². The normalized spacial score (nSPS) is 10.5. The van der Waals surface area contributed by atoms with E-state index in [4.69, 9.17) is 4.74 Å². The topological polar surface area (TPSA) is 26.3 Å². The summed E-state index contributed by atoms with van der Waals surface area (Å²) in [5.74, 6) is 1.07. The summed E-state index contributed by atoms with van der Waals surface area (Å²) in [6.45, 7) is 5.79. The van der Waals surface area contributed by atoms with E-state index in [1.165, 1.54) is 0 Å². The van der Waals surface area contributed by atoms with E-state index in [1.807, 2.05) is 37.3 Å². The van der Waals surface area contributed by atoms with Gasteiger partial charge in [0, 0.05) is 12.8 Å². The summed E-state index contributed by atoms with van der Waals surface area (Å²) in [6.07, 6.45) is 1.81. The van der Waals surface area contributed by atoms with Gasteiger partial charge in [0.25, 0.3) is 0 Å². The summed E-state index contributed by atoms with van der Waals surface area (Å²) in [6, 6.07) is 12.0. The minimum absolute atomic E-state index is 0.253. The Bertz CT molecular complexity index is 641. The van der Waals surface area contributed by atoms with E-state index in [9.17, 15) is 4.79 Å². The number of carbonyl (C=O) groups excluding carboxylic acids is 1. The zero-order chi connectivity index (χ0) is 14.5. The van der Waals surface area contributed by atoms with Crippen LogP contribution in [0.2, 0.25) is 0 Å². The largest absolute Gasteiger partial charge is 0.497 e. The van der Waals surface area contributed by atoms with Crippen LogP contribution < -0.4 is 4.74 Å². The third-order valence-electron chi connectivity index (χ3n) is 3.40. The van der Waals surface area contributed by atoms with Gasteiger partial charge >= 0.3 is 0 Å². The van der Waals surface area contributed by atoms with E-state index in [-0.39, 0.29) is 5.78 Å². The van der Waals surface area contributed by atoms with Crippen molar-refractivity contribution in [1.82, 2.24) is 0 Å². The van der Waals surface area contributed by atoms with E-state index < -0.39 is 0 Å². The molecule has 0 fully saturated rings. The molecule has 2 heteroatoms. The molecule has 0 heterocycles. The lowest BCUT2D eigenvalue weighted by atomic mass is 9.98. The van der Waals surface area contributed by atoms with Crippen LogP contribution in [0.3, 0.4) is 0 Å². The second-order valence-corrected chi connectivity index (χ2v) is 5.18. The average Bonchev–Trinajstić information content (AvgIpc) is 2.45. The Kier molecular flexibility index (Phi) is 4.57. The Morgan fingerprint density at radius 3 is 2.70 bits per heavy atom. The molecular formula is C18H20O2. The minimum Gasteiger partial charge on any atom is -0.497 e. The van der Waals surface area contributed by atoms with Crippen molar-refractivity contribution in [1.29, 1.82) is 0 Å². The van der Waals surface area contributed by atoms with Gasteiger partial charge in [-0.15, -0.1) is 6.58 Å². The highest BCUT2D eigenvalue weighted by atomic mass is 16.5. The van der Waals surface area contributed by atoms with Crippen LogP contribution in [-0.4, -0.2) is 12.9 Å². The quantitative estimate of drug-likeness (QED) is 0.729. The van der Waals surface area contributed by atoms with E-state index in [0.29, 0.717) is 12.8 Å². The highest BCUT2D eigenvalue weighted by Gasteiger charge is 2.08. The molecule has 0 aliphatic carbocycles. The Balaban J connectivity index is 2.24. The number of carbonyl (C=O) groups is 1. The van der Waals surface area contributed by atoms with Gasteiger partial charge in [-0.1, -0.05) is 29.8 Å². The Morgan fingerprint density at radius 2 is 2.00 bits per heavy atom. The van der Waals surface area contributed by atoms with Crippen LogP contribution in [0.5, 0.6) is 5.75 Å². The van der Waals surface area contributed by atoms with E-state index in [2.05, 4.69) is 12.6 Å². The summed E-state index contributed by atoms with van der Waals surface area (Å²) < 4.78 is 5.26. The van der Waals surface area contributed by atoms with Gasteiger partial charge in [0.05, 0.1) is 7.11 Å². The first-order valence-corrected chi connectivity index (χ1v) is 6.82. The maximum Gasteiger partial charge on any atom is 0.137 e. The van der Waals surface area contributed by atoms with Crippen molar-refractivity contribution >= 4 is 16.6 Å².